The van der Waals surface area contributed by atoms with E-state index in [0.29, 0.717) is 0 Å². The molecule has 0 saturated heterocycles. The Labute approximate surface area is 276 Å². The van der Waals surface area contributed by atoms with Crippen LogP contribution in [0.3, 0.4) is 0 Å². The summed E-state index contributed by atoms with van der Waals surface area (Å²) in [7, 11) is 0. The first kappa shape index (κ1) is 26.5. The lowest BCUT2D eigenvalue weighted by molar-refractivity contribution is 1.60. The van der Waals surface area contributed by atoms with Gasteiger partial charge in [0.15, 0.2) is 0 Å². The van der Waals surface area contributed by atoms with E-state index >= 15 is 0 Å². The molecule has 0 atom stereocenters. The third-order valence-corrected chi connectivity index (χ3v) is 11.2. The van der Waals surface area contributed by atoms with Gasteiger partial charge >= 0.3 is 0 Å². The van der Waals surface area contributed by atoms with Crippen LogP contribution in [-0.2, 0) is 0 Å². The van der Waals surface area contributed by atoms with Crippen molar-refractivity contribution in [2.75, 3.05) is 0 Å². The van der Waals surface area contributed by atoms with Crippen molar-refractivity contribution < 1.29 is 0 Å². The van der Waals surface area contributed by atoms with Crippen molar-refractivity contribution in [2.24, 2.45) is 0 Å². The van der Waals surface area contributed by atoms with Crippen LogP contribution in [0.15, 0.2) is 170 Å². The highest BCUT2D eigenvalue weighted by molar-refractivity contribution is 7.27. The number of thiophene rings is 1. The molecule has 10 rings (SSSR count). The van der Waals surface area contributed by atoms with Crippen LogP contribution in [0.4, 0.5) is 0 Å². The maximum Gasteiger partial charge on any atom is 0.0434 e. The fraction of sp³-hybridized carbons (Fsp3) is 0. The number of fused-ring (bicyclic) bond motifs is 10. The third kappa shape index (κ3) is 4.21. The summed E-state index contributed by atoms with van der Waals surface area (Å²) in [5.41, 5.74) is 7.48. The summed E-state index contributed by atoms with van der Waals surface area (Å²) in [6.07, 6.45) is 0. The summed E-state index contributed by atoms with van der Waals surface area (Å²) in [6, 6.07) is 62.6. The molecular weight excluding hydrogens is 585 g/mol. The Hall–Kier alpha value is -5.76. The number of hydrogen-bond acceptors (Lipinski definition) is 1. The molecule has 47 heavy (non-hydrogen) atoms. The SMILES string of the molecule is c1ccc2c(c1)ccc1c3cc(-c4ccc(-c5ccc(-c6cccc7c6sc6c8ccccc8ccc76)cc5)cc4)ccc3ccc21. The maximum absolute atomic E-state index is 2.35. The fourth-order valence-electron chi connectivity index (χ4n) is 7.45. The molecule has 0 N–H and O–H groups in total. The molecule has 218 valence electrons. The zero-order valence-electron chi connectivity index (χ0n) is 25.6. The van der Waals surface area contributed by atoms with Crippen molar-refractivity contribution in [3.05, 3.63) is 170 Å². The minimum Gasteiger partial charge on any atom is -0.134 e. The van der Waals surface area contributed by atoms with E-state index in [0.717, 1.165) is 0 Å². The van der Waals surface area contributed by atoms with Crippen LogP contribution in [0.5, 0.6) is 0 Å². The van der Waals surface area contributed by atoms with Crippen LogP contribution in [0.25, 0.3) is 96.6 Å². The summed E-state index contributed by atoms with van der Waals surface area (Å²) in [6.45, 7) is 0. The molecule has 0 fully saturated rings. The zero-order valence-corrected chi connectivity index (χ0v) is 26.4. The van der Waals surface area contributed by atoms with Crippen LogP contribution >= 0.6 is 11.3 Å². The first-order chi connectivity index (χ1) is 23.3. The molecular formula is C46H28S. The molecule has 0 bridgehead atoms. The second-order valence-corrected chi connectivity index (χ2v) is 13.5. The molecule has 1 heterocycles. The van der Waals surface area contributed by atoms with Gasteiger partial charge in [0.05, 0.1) is 0 Å². The average molecular weight is 613 g/mol. The van der Waals surface area contributed by atoms with Crippen LogP contribution < -0.4 is 0 Å². The van der Waals surface area contributed by atoms with Gasteiger partial charge in [0.1, 0.15) is 0 Å². The molecule has 0 radical (unpaired) electrons. The van der Waals surface area contributed by atoms with Crippen molar-refractivity contribution in [2.45, 2.75) is 0 Å². The Morgan fingerprint density at radius 2 is 0.723 bits per heavy atom. The van der Waals surface area contributed by atoms with Gasteiger partial charge in [0.25, 0.3) is 0 Å². The van der Waals surface area contributed by atoms with Crippen LogP contribution in [0.2, 0.25) is 0 Å². The van der Waals surface area contributed by atoms with E-state index in [2.05, 4.69) is 170 Å². The van der Waals surface area contributed by atoms with Gasteiger partial charge < -0.3 is 0 Å². The van der Waals surface area contributed by atoms with Crippen LogP contribution in [0.1, 0.15) is 0 Å². The van der Waals surface area contributed by atoms with E-state index in [9.17, 15) is 0 Å². The molecule has 1 heteroatoms. The highest BCUT2D eigenvalue weighted by Gasteiger charge is 2.13. The molecule has 9 aromatic carbocycles. The summed E-state index contributed by atoms with van der Waals surface area (Å²) in [5.74, 6) is 0. The highest BCUT2D eigenvalue weighted by Crippen LogP contribution is 2.43. The molecule has 0 nitrogen and oxygen atoms in total. The smallest absolute Gasteiger partial charge is 0.0434 e. The van der Waals surface area contributed by atoms with E-state index in [4.69, 9.17) is 0 Å². The van der Waals surface area contributed by atoms with Crippen molar-refractivity contribution in [1.29, 1.82) is 0 Å². The molecule has 0 aliphatic heterocycles. The lowest BCUT2D eigenvalue weighted by atomic mass is 9.94. The Morgan fingerprint density at radius 3 is 1.45 bits per heavy atom. The number of benzene rings is 9. The lowest BCUT2D eigenvalue weighted by Crippen LogP contribution is -1.84. The summed E-state index contributed by atoms with van der Waals surface area (Å²) < 4.78 is 2.72. The summed E-state index contributed by atoms with van der Waals surface area (Å²) >= 11 is 1.91. The van der Waals surface area contributed by atoms with Crippen molar-refractivity contribution in [3.8, 4) is 33.4 Å². The van der Waals surface area contributed by atoms with Gasteiger partial charge in [-0.2, -0.15) is 0 Å². The largest absolute Gasteiger partial charge is 0.134 e. The maximum atomic E-state index is 2.35. The second-order valence-electron chi connectivity index (χ2n) is 12.5. The Kier molecular flexibility index (Phi) is 5.85. The van der Waals surface area contributed by atoms with E-state index in [-0.39, 0.29) is 0 Å². The predicted octanol–water partition coefficient (Wildman–Crippen LogP) is 13.7. The third-order valence-electron chi connectivity index (χ3n) is 9.88. The van der Waals surface area contributed by atoms with E-state index in [1.807, 2.05) is 11.3 Å². The summed E-state index contributed by atoms with van der Waals surface area (Å²) in [4.78, 5) is 0. The molecule has 0 saturated carbocycles. The Bertz CT molecular complexity index is 2820. The van der Waals surface area contributed by atoms with E-state index in [1.54, 1.807) is 0 Å². The van der Waals surface area contributed by atoms with Gasteiger partial charge in [-0.15, -0.1) is 11.3 Å². The molecule has 0 amide bonds. The zero-order chi connectivity index (χ0) is 30.9. The lowest BCUT2D eigenvalue weighted by Gasteiger charge is -2.10. The van der Waals surface area contributed by atoms with Crippen molar-refractivity contribution in [3.63, 3.8) is 0 Å². The van der Waals surface area contributed by atoms with Gasteiger partial charge in [0, 0.05) is 20.2 Å². The molecule has 1 aromatic heterocycles. The molecule has 0 aliphatic carbocycles. The van der Waals surface area contributed by atoms with Crippen molar-refractivity contribution >= 4 is 74.6 Å². The van der Waals surface area contributed by atoms with Gasteiger partial charge in [0.2, 0.25) is 0 Å². The minimum absolute atomic E-state index is 1.23. The minimum atomic E-state index is 1.23. The Morgan fingerprint density at radius 1 is 0.255 bits per heavy atom. The first-order valence-electron chi connectivity index (χ1n) is 16.2. The van der Waals surface area contributed by atoms with Crippen LogP contribution in [-0.4, -0.2) is 0 Å². The van der Waals surface area contributed by atoms with Crippen LogP contribution in [0, 0.1) is 0 Å². The van der Waals surface area contributed by atoms with Gasteiger partial charge in [-0.05, 0) is 82.5 Å². The monoisotopic (exact) mass is 612 g/mol. The van der Waals surface area contributed by atoms with Crippen molar-refractivity contribution in [1.82, 2.24) is 0 Å². The van der Waals surface area contributed by atoms with E-state index in [1.165, 1.54) is 96.6 Å². The van der Waals surface area contributed by atoms with E-state index < -0.39 is 0 Å². The second kappa shape index (κ2) is 10.4. The number of rotatable bonds is 3. The average Bonchev–Trinajstić information content (AvgIpc) is 3.54. The normalized spacial score (nSPS) is 11.8. The molecule has 10 aromatic rings. The topological polar surface area (TPSA) is 0 Å². The summed E-state index contributed by atoms with van der Waals surface area (Å²) in [5, 5.41) is 13.1. The van der Waals surface area contributed by atoms with Gasteiger partial charge in [-0.3, -0.25) is 0 Å². The Balaban J connectivity index is 0.989. The molecule has 0 spiro atoms. The van der Waals surface area contributed by atoms with Gasteiger partial charge in [-0.25, -0.2) is 0 Å². The molecule has 0 unspecified atom stereocenters. The standard InChI is InChI=1S/C46H28S/c1-3-8-37-32(6-1)22-26-41-40(37)25-23-35-20-21-36(28-44(35)41)31-14-12-29(13-15-31)30-16-18-34(19-17-30)39-10-5-11-42-43-27-24-33-7-2-4-9-38(33)46(43)47-45(39)42/h1-28H. The molecule has 0 aliphatic rings. The first-order valence-corrected chi connectivity index (χ1v) is 17.0. The fourth-order valence-corrected chi connectivity index (χ4v) is 8.82. The highest BCUT2D eigenvalue weighted by atomic mass is 32.1. The quantitative estimate of drug-likeness (QED) is 0.174. The van der Waals surface area contributed by atoms with Gasteiger partial charge in [-0.1, -0.05) is 164 Å². The predicted molar refractivity (Wildman–Crippen MR) is 206 cm³/mol. The number of hydrogen-bond donors (Lipinski definition) is 0.